The van der Waals surface area contributed by atoms with Gasteiger partial charge in [0.1, 0.15) is 5.82 Å². The normalized spacial score (nSPS) is 16.7. The van der Waals surface area contributed by atoms with Crippen molar-refractivity contribution in [3.8, 4) is 0 Å². The zero-order valence-electron chi connectivity index (χ0n) is 17.7. The Morgan fingerprint density at radius 1 is 0.875 bits per heavy atom. The summed E-state index contributed by atoms with van der Waals surface area (Å²) in [6.07, 6.45) is 3.49. The Morgan fingerprint density at radius 3 is 2.38 bits per heavy atom. The molecule has 8 heteroatoms. The van der Waals surface area contributed by atoms with Gasteiger partial charge in [-0.1, -0.05) is 18.2 Å². The molecule has 1 fully saturated rings. The predicted molar refractivity (Wildman–Crippen MR) is 118 cm³/mol. The Hall–Kier alpha value is -3.52. The molecule has 1 aromatic heterocycles. The van der Waals surface area contributed by atoms with Crippen LogP contribution < -0.4 is 4.90 Å². The first-order chi connectivity index (χ1) is 15.6. The number of carbonyl (C=O) groups excluding carboxylic acids is 2. The zero-order valence-corrected chi connectivity index (χ0v) is 17.7. The maximum Gasteiger partial charge on any atom is 0.263 e. The summed E-state index contributed by atoms with van der Waals surface area (Å²) in [4.78, 5) is 31.9. The summed E-state index contributed by atoms with van der Waals surface area (Å²) in [5.74, 6) is -0.704. The molecule has 0 N–H and O–H groups in total. The summed E-state index contributed by atoms with van der Waals surface area (Å²) >= 11 is 0. The van der Waals surface area contributed by atoms with Crippen molar-refractivity contribution in [2.75, 3.05) is 37.6 Å². The lowest BCUT2D eigenvalue weighted by molar-refractivity contribution is 0.0647. The Bertz CT molecular complexity index is 1120. The lowest BCUT2D eigenvalue weighted by Gasteiger charge is -2.36. The topological polar surface area (TPSA) is 61.7 Å². The van der Waals surface area contributed by atoms with Crippen molar-refractivity contribution in [2.45, 2.75) is 13.1 Å². The Balaban J connectivity index is 1.27. The van der Waals surface area contributed by atoms with E-state index in [2.05, 4.69) is 14.9 Å². The van der Waals surface area contributed by atoms with Crippen LogP contribution in [0.2, 0.25) is 0 Å². The van der Waals surface area contributed by atoms with Crippen molar-refractivity contribution < 1.29 is 14.0 Å². The molecule has 164 valence electrons. The molecular formula is C24H24FN5O2. The number of amides is 2. The molecule has 0 bridgehead atoms. The minimum absolute atomic E-state index is 0.227. The number of rotatable bonds is 6. The first kappa shape index (κ1) is 20.4. The minimum atomic E-state index is -0.242. The minimum Gasteiger partial charge on any atom is -0.368 e. The number of halogens is 1. The smallest absolute Gasteiger partial charge is 0.263 e. The van der Waals surface area contributed by atoms with Gasteiger partial charge in [-0.3, -0.25) is 24.1 Å². The van der Waals surface area contributed by atoms with Gasteiger partial charge >= 0.3 is 0 Å². The number of fused-ring (bicyclic) bond motifs is 1. The second kappa shape index (κ2) is 8.55. The van der Waals surface area contributed by atoms with Crippen LogP contribution in [0.15, 0.2) is 60.9 Å². The molecule has 0 saturated carbocycles. The van der Waals surface area contributed by atoms with Gasteiger partial charge in [0, 0.05) is 51.7 Å². The van der Waals surface area contributed by atoms with E-state index in [1.807, 2.05) is 36.5 Å². The molecule has 0 spiro atoms. The van der Waals surface area contributed by atoms with Crippen LogP contribution in [-0.2, 0) is 13.1 Å². The van der Waals surface area contributed by atoms with Crippen LogP contribution in [0.3, 0.4) is 0 Å². The van der Waals surface area contributed by atoms with Crippen molar-refractivity contribution in [2.24, 2.45) is 0 Å². The third kappa shape index (κ3) is 3.89. The molecular weight excluding hydrogens is 409 g/mol. The molecule has 32 heavy (non-hydrogen) atoms. The Labute approximate surface area is 185 Å². The van der Waals surface area contributed by atoms with E-state index >= 15 is 0 Å². The second-order valence-corrected chi connectivity index (χ2v) is 8.12. The molecule has 2 aromatic carbocycles. The van der Waals surface area contributed by atoms with E-state index < -0.39 is 0 Å². The van der Waals surface area contributed by atoms with Crippen LogP contribution in [-0.4, -0.2) is 64.1 Å². The fourth-order valence-electron chi connectivity index (χ4n) is 4.41. The molecule has 0 unspecified atom stereocenters. The van der Waals surface area contributed by atoms with Gasteiger partial charge in [-0.2, -0.15) is 5.10 Å². The van der Waals surface area contributed by atoms with Crippen molar-refractivity contribution in [1.82, 2.24) is 19.6 Å². The van der Waals surface area contributed by atoms with Crippen molar-refractivity contribution in [3.63, 3.8) is 0 Å². The molecule has 3 aromatic rings. The van der Waals surface area contributed by atoms with Crippen molar-refractivity contribution >= 4 is 17.5 Å². The second-order valence-electron chi connectivity index (χ2n) is 8.12. The molecule has 0 atom stereocenters. The number of benzene rings is 2. The fraction of sp³-hybridized carbons (Fsp3) is 0.292. The van der Waals surface area contributed by atoms with Gasteiger partial charge in [0.25, 0.3) is 11.8 Å². The number of nitrogens with zero attached hydrogens (tertiary/aromatic N) is 5. The summed E-state index contributed by atoms with van der Waals surface area (Å²) in [5, 5.41) is 4.14. The number of carbonyl (C=O) groups is 2. The van der Waals surface area contributed by atoms with Crippen LogP contribution in [0, 0.1) is 5.82 Å². The van der Waals surface area contributed by atoms with E-state index in [9.17, 15) is 14.0 Å². The Kier molecular flexibility index (Phi) is 5.45. The Morgan fingerprint density at radius 2 is 1.66 bits per heavy atom. The van der Waals surface area contributed by atoms with Crippen LogP contribution in [0.4, 0.5) is 10.1 Å². The van der Waals surface area contributed by atoms with Crippen molar-refractivity contribution in [3.05, 3.63) is 83.4 Å². The molecule has 5 rings (SSSR count). The average molecular weight is 433 g/mol. The van der Waals surface area contributed by atoms with E-state index in [-0.39, 0.29) is 17.6 Å². The van der Waals surface area contributed by atoms with Gasteiger partial charge < -0.3 is 4.90 Å². The third-order valence-corrected chi connectivity index (χ3v) is 6.12. The lowest BCUT2D eigenvalue weighted by atomic mass is 10.1. The van der Waals surface area contributed by atoms with Crippen molar-refractivity contribution in [1.29, 1.82) is 0 Å². The van der Waals surface area contributed by atoms with E-state index in [4.69, 9.17) is 0 Å². The zero-order chi connectivity index (χ0) is 22.1. The number of anilines is 1. The number of hydrogen-bond acceptors (Lipinski definition) is 5. The molecule has 7 nitrogen and oxygen atoms in total. The first-order valence-electron chi connectivity index (χ1n) is 10.8. The largest absolute Gasteiger partial charge is 0.368 e. The van der Waals surface area contributed by atoms with Crippen LogP contribution in [0.1, 0.15) is 26.3 Å². The quantitative estimate of drug-likeness (QED) is 0.560. The van der Waals surface area contributed by atoms with Crippen LogP contribution >= 0.6 is 0 Å². The first-order valence-corrected chi connectivity index (χ1v) is 10.8. The molecule has 0 radical (unpaired) electrons. The molecule has 2 amide bonds. The highest BCUT2D eigenvalue weighted by atomic mass is 19.1. The highest BCUT2D eigenvalue weighted by Gasteiger charge is 2.38. The standard InChI is InChI=1S/C24H24FN5O2/c25-19-7-5-18(6-8-19)17-27-11-13-28(14-12-27)21-4-1-3-20-22(21)24(32)30(23(20)31)16-15-29-10-2-9-26-29/h1-10H,11-17H2. The number of hydrogen-bond donors (Lipinski definition) is 0. The maximum absolute atomic E-state index is 13.2. The summed E-state index contributed by atoms with van der Waals surface area (Å²) in [5.41, 5.74) is 2.88. The summed E-state index contributed by atoms with van der Waals surface area (Å²) in [6, 6.07) is 13.9. The van der Waals surface area contributed by atoms with Gasteiger partial charge in [-0.15, -0.1) is 0 Å². The highest BCUT2D eigenvalue weighted by molar-refractivity contribution is 6.23. The van der Waals surface area contributed by atoms with Gasteiger partial charge in [0.15, 0.2) is 0 Å². The summed E-state index contributed by atoms with van der Waals surface area (Å²) < 4.78 is 14.9. The number of aromatic nitrogens is 2. The molecule has 1 saturated heterocycles. The van der Waals surface area contributed by atoms with E-state index in [1.165, 1.54) is 17.0 Å². The van der Waals surface area contributed by atoms with E-state index in [0.717, 1.165) is 44.0 Å². The van der Waals surface area contributed by atoms with Crippen LogP contribution in [0.5, 0.6) is 0 Å². The molecule has 0 aliphatic carbocycles. The van der Waals surface area contributed by atoms with Gasteiger partial charge in [-0.25, -0.2) is 4.39 Å². The lowest BCUT2D eigenvalue weighted by Crippen LogP contribution is -2.46. The van der Waals surface area contributed by atoms with Crippen LogP contribution in [0.25, 0.3) is 0 Å². The van der Waals surface area contributed by atoms with E-state index in [1.54, 1.807) is 16.9 Å². The SMILES string of the molecule is O=C1c2cccc(N3CCN(Cc4ccc(F)cc4)CC3)c2C(=O)N1CCn1cccn1. The molecule has 2 aliphatic rings. The average Bonchev–Trinajstić information content (AvgIpc) is 3.42. The molecule has 3 heterocycles. The fourth-order valence-corrected chi connectivity index (χ4v) is 4.41. The summed E-state index contributed by atoms with van der Waals surface area (Å²) in [7, 11) is 0. The van der Waals surface area contributed by atoms with E-state index in [0.29, 0.717) is 24.2 Å². The van der Waals surface area contributed by atoms with Gasteiger partial charge in [-0.05, 0) is 35.9 Å². The summed E-state index contributed by atoms with van der Waals surface area (Å²) in [6.45, 7) is 4.69. The maximum atomic E-state index is 13.2. The predicted octanol–water partition coefficient (Wildman–Crippen LogP) is 2.64. The van der Waals surface area contributed by atoms with Gasteiger partial charge in [0.05, 0.1) is 23.4 Å². The monoisotopic (exact) mass is 433 g/mol. The third-order valence-electron chi connectivity index (χ3n) is 6.12. The number of imide groups is 1. The molecule has 2 aliphatic heterocycles. The highest BCUT2D eigenvalue weighted by Crippen LogP contribution is 2.32. The number of piperazine rings is 1. The van der Waals surface area contributed by atoms with Gasteiger partial charge in [0.2, 0.25) is 0 Å².